The highest BCUT2D eigenvalue weighted by Gasteiger charge is 2.44. The van der Waals surface area contributed by atoms with E-state index in [2.05, 4.69) is 30.3 Å². The molecule has 11 nitrogen and oxygen atoms in total. The third kappa shape index (κ3) is 8.72. The van der Waals surface area contributed by atoms with Crippen molar-refractivity contribution >= 4 is 40.9 Å². The van der Waals surface area contributed by atoms with Crippen LogP contribution in [0.2, 0.25) is 0 Å². The molecule has 0 saturated heterocycles. The Kier molecular flexibility index (Phi) is 12.0. The molecule has 3 N–H and O–H groups in total. The van der Waals surface area contributed by atoms with Crippen LogP contribution in [0.4, 0.5) is 36.4 Å². The molecule has 0 aliphatic carbocycles. The third-order valence-corrected chi connectivity index (χ3v) is 12.0. The van der Waals surface area contributed by atoms with E-state index in [1.807, 2.05) is 0 Å². The van der Waals surface area contributed by atoms with Crippen molar-refractivity contribution in [2.75, 3.05) is 28.6 Å². The highest BCUT2D eigenvalue weighted by Crippen LogP contribution is 2.64. The maximum atomic E-state index is 13.9. The van der Waals surface area contributed by atoms with Crippen LogP contribution in [0.25, 0.3) is 0 Å². The van der Waals surface area contributed by atoms with Crippen molar-refractivity contribution in [1.29, 1.82) is 0 Å². The minimum absolute atomic E-state index is 0.0131. The average molecular weight is 673 g/mol. The van der Waals surface area contributed by atoms with E-state index in [9.17, 15) is 26.2 Å². The van der Waals surface area contributed by atoms with Gasteiger partial charge in [0.05, 0.1) is 23.6 Å². The Hall–Kier alpha value is -3.26. The first kappa shape index (κ1) is 36.2. The summed E-state index contributed by atoms with van der Waals surface area (Å²) in [7, 11) is -7.28. The van der Waals surface area contributed by atoms with Gasteiger partial charge in [0, 0.05) is 30.2 Å². The molecule has 1 aromatic carbocycles. The molecular formula is C29H40F3N6O5PS. The fraction of sp³-hybridized carbons (Fsp3) is 0.483. The number of rotatable bonds is 16. The van der Waals surface area contributed by atoms with E-state index in [1.54, 1.807) is 77.9 Å². The van der Waals surface area contributed by atoms with Crippen molar-refractivity contribution in [3.63, 3.8) is 0 Å². The number of halogens is 3. The maximum Gasteiger partial charge on any atom is 0.421 e. The molecule has 0 aliphatic heterocycles. The fourth-order valence-corrected chi connectivity index (χ4v) is 7.89. The van der Waals surface area contributed by atoms with Gasteiger partial charge in [0.25, 0.3) is 0 Å². The van der Waals surface area contributed by atoms with Gasteiger partial charge >= 0.3 is 13.8 Å². The van der Waals surface area contributed by atoms with Crippen LogP contribution in [0.3, 0.4) is 0 Å². The first-order valence-corrected chi connectivity index (χ1v) is 17.6. The van der Waals surface area contributed by atoms with Gasteiger partial charge < -0.3 is 19.7 Å². The summed E-state index contributed by atoms with van der Waals surface area (Å²) < 4.78 is 94.2. The molecule has 3 rings (SSSR count). The zero-order valence-electron chi connectivity index (χ0n) is 26.1. The van der Waals surface area contributed by atoms with E-state index in [-0.39, 0.29) is 31.5 Å². The molecule has 0 radical (unpaired) electrons. The summed E-state index contributed by atoms with van der Waals surface area (Å²) in [5.74, 6) is -0.614. The van der Waals surface area contributed by atoms with Gasteiger partial charge in [-0.15, -0.1) is 0 Å². The van der Waals surface area contributed by atoms with Crippen LogP contribution >= 0.6 is 7.60 Å². The molecule has 0 bridgehead atoms. The second kappa shape index (κ2) is 14.9. The Balaban J connectivity index is 1.86. The van der Waals surface area contributed by atoms with Gasteiger partial charge in [-0.25, -0.2) is 18.4 Å². The Labute approximate surface area is 262 Å². The van der Waals surface area contributed by atoms with E-state index < -0.39 is 45.6 Å². The van der Waals surface area contributed by atoms with Crippen LogP contribution in [-0.4, -0.2) is 41.8 Å². The van der Waals surface area contributed by atoms with E-state index in [0.717, 1.165) is 0 Å². The largest absolute Gasteiger partial charge is 0.421 e. The molecule has 0 fully saturated rings. The van der Waals surface area contributed by atoms with Crippen LogP contribution in [0.5, 0.6) is 0 Å². The zero-order valence-corrected chi connectivity index (χ0v) is 27.8. The lowest BCUT2D eigenvalue weighted by Crippen LogP contribution is -2.27. The van der Waals surface area contributed by atoms with E-state index in [4.69, 9.17) is 9.05 Å². The first-order valence-electron chi connectivity index (χ1n) is 14.5. The standard InChI is InChI=1S/C29H40F3N6O5PS/c1-7-23(8-2)45(40,41)38-25-20(12-11-17-33-25)18-34-26-24(29(30,31)32)19-35-27(37-26)36-22-15-13-21(14-16-22)28(5,6)44(39,42-9-3)43-10-4/h11-17,19,23H,7-10,18H2,1-6H3,(H,33,38)(H2,34,35,36,37). The lowest BCUT2D eigenvalue weighted by molar-refractivity contribution is -0.137. The quantitative estimate of drug-likeness (QED) is 0.130. The Morgan fingerprint density at radius 2 is 1.56 bits per heavy atom. The predicted molar refractivity (Wildman–Crippen MR) is 169 cm³/mol. The summed E-state index contributed by atoms with van der Waals surface area (Å²) in [6, 6.07) is 9.84. The van der Waals surface area contributed by atoms with E-state index in [0.29, 0.717) is 35.9 Å². The number of sulfonamides is 1. The molecule has 0 atom stereocenters. The molecule has 0 spiro atoms. The van der Waals surface area contributed by atoms with Crippen LogP contribution in [0.15, 0.2) is 48.8 Å². The number of hydrogen-bond acceptors (Lipinski definition) is 10. The molecule has 2 heterocycles. The molecule has 0 unspecified atom stereocenters. The van der Waals surface area contributed by atoms with Gasteiger partial charge in [-0.2, -0.15) is 18.2 Å². The molecule has 0 aliphatic rings. The number of alkyl halides is 3. The van der Waals surface area contributed by atoms with Gasteiger partial charge in [0.2, 0.25) is 16.0 Å². The van der Waals surface area contributed by atoms with Gasteiger partial charge in [-0.3, -0.25) is 9.29 Å². The number of anilines is 4. The molecule has 16 heteroatoms. The summed E-state index contributed by atoms with van der Waals surface area (Å²) in [4.78, 5) is 12.0. The van der Waals surface area contributed by atoms with Gasteiger partial charge in [0.15, 0.2) is 0 Å². The minimum Gasteiger partial charge on any atom is -0.365 e. The molecule has 248 valence electrons. The Morgan fingerprint density at radius 3 is 2.11 bits per heavy atom. The second-order valence-corrected chi connectivity index (χ2v) is 15.1. The number of nitrogens with one attached hydrogen (secondary N) is 3. The number of pyridine rings is 1. The van der Waals surface area contributed by atoms with Crippen molar-refractivity contribution in [2.24, 2.45) is 0 Å². The van der Waals surface area contributed by atoms with Crippen molar-refractivity contribution < 1.29 is 35.2 Å². The topological polar surface area (TPSA) is 144 Å². The highest BCUT2D eigenvalue weighted by atomic mass is 32.2. The number of aromatic nitrogens is 3. The third-order valence-electron chi connectivity index (χ3n) is 7.15. The monoisotopic (exact) mass is 672 g/mol. The van der Waals surface area contributed by atoms with E-state index in [1.165, 1.54) is 6.20 Å². The minimum atomic E-state index is -4.77. The number of nitrogens with zero attached hydrogens (tertiary/aromatic N) is 3. The molecule has 0 amide bonds. The van der Waals surface area contributed by atoms with Crippen LogP contribution < -0.4 is 15.4 Å². The van der Waals surface area contributed by atoms with Crippen LogP contribution in [0, 0.1) is 0 Å². The SMILES string of the molecule is CCOP(=O)(OCC)C(C)(C)c1ccc(Nc2ncc(C(F)(F)F)c(NCc3cccnc3NS(=O)(=O)C(CC)CC)n2)cc1. The average Bonchev–Trinajstić information content (AvgIpc) is 2.97. The summed E-state index contributed by atoms with van der Waals surface area (Å²) in [5.41, 5.74) is 0.355. The van der Waals surface area contributed by atoms with Gasteiger partial charge in [0.1, 0.15) is 17.2 Å². The molecular weight excluding hydrogens is 632 g/mol. The summed E-state index contributed by atoms with van der Waals surface area (Å²) in [5, 5.41) is 3.94. The second-order valence-electron chi connectivity index (χ2n) is 10.5. The first-order chi connectivity index (χ1) is 21.1. The fourth-order valence-electron chi connectivity index (χ4n) is 4.53. The van der Waals surface area contributed by atoms with Crippen molar-refractivity contribution in [3.8, 4) is 0 Å². The van der Waals surface area contributed by atoms with Gasteiger partial charge in [-0.05, 0) is 64.3 Å². The van der Waals surface area contributed by atoms with Crippen LogP contribution in [0.1, 0.15) is 71.1 Å². The lowest BCUT2D eigenvalue weighted by atomic mass is 10.0. The zero-order chi connectivity index (χ0) is 33.5. The van der Waals surface area contributed by atoms with Crippen molar-refractivity contribution in [1.82, 2.24) is 15.0 Å². The normalized spacial score (nSPS) is 12.8. The van der Waals surface area contributed by atoms with Crippen molar-refractivity contribution in [3.05, 3.63) is 65.5 Å². The summed E-state index contributed by atoms with van der Waals surface area (Å²) in [6.45, 7) is 10.7. The Bertz CT molecular complexity index is 1580. The summed E-state index contributed by atoms with van der Waals surface area (Å²) in [6.07, 6.45) is -1.94. The van der Waals surface area contributed by atoms with Crippen LogP contribution in [-0.2, 0) is 41.5 Å². The molecule has 3 aromatic rings. The molecule has 2 aromatic heterocycles. The predicted octanol–water partition coefficient (Wildman–Crippen LogP) is 7.68. The number of benzene rings is 1. The Morgan fingerprint density at radius 1 is 0.933 bits per heavy atom. The molecule has 0 saturated carbocycles. The van der Waals surface area contributed by atoms with E-state index >= 15 is 0 Å². The number of hydrogen-bond donors (Lipinski definition) is 3. The van der Waals surface area contributed by atoms with Gasteiger partial charge in [-0.1, -0.05) is 32.0 Å². The lowest BCUT2D eigenvalue weighted by Gasteiger charge is -2.33. The summed E-state index contributed by atoms with van der Waals surface area (Å²) >= 11 is 0. The smallest absolute Gasteiger partial charge is 0.365 e. The maximum absolute atomic E-state index is 13.9. The van der Waals surface area contributed by atoms with Crippen molar-refractivity contribution in [2.45, 2.75) is 77.5 Å². The molecule has 45 heavy (non-hydrogen) atoms. The highest BCUT2D eigenvalue weighted by molar-refractivity contribution is 7.93.